The fraction of sp³-hybridized carbons (Fsp3) is 0.333. The van der Waals surface area contributed by atoms with Gasteiger partial charge in [-0.3, -0.25) is 14.3 Å². The third-order valence-corrected chi connectivity index (χ3v) is 6.51. The summed E-state index contributed by atoms with van der Waals surface area (Å²) in [6.45, 7) is 3.13. The van der Waals surface area contributed by atoms with Gasteiger partial charge in [0.15, 0.2) is 5.16 Å². The molecule has 3 aromatic rings. The monoisotopic (exact) mass is 357 g/mol. The number of hydrogen-bond acceptors (Lipinski definition) is 5. The van der Waals surface area contributed by atoms with Gasteiger partial charge in [0.1, 0.15) is 4.83 Å². The van der Waals surface area contributed by atoms with Crippen LogP contribution in [0.2, 0.25) is 0 Å². The van der Waals surface area contributed by atoms with Crippen molar-refractivity contribution in [2.45, 2.75) is 23.4 Å². The van der Waals surface area contributed by atoms with Crippen LogP contribution >= 0.6 is 23.1 Å². The molecule has 3 heterocycles. The lowest BCUT2D eigenvalue weighted by Crippen LogP contribution is -2.22. The number of nitrogens with zero attached hydrogens (tertiary/aromatic N) is 3. The van der Waals surface area contributed by atoms with Crippen molar-refractivity contribution in [2.24, 2.45) is 7.05 Å². The van der Waals surface area contributed by atoms with Crippen LogP contribution in [0.4, 0.5) is 0 Å². The summed E-state index contributed by atoms with van der Waals surface area (Å²) in [6, 6.07) is 12.5. The van der Waals surface area contributed by atoms with E-state index in [0.29, 0.717) is 5.25 Å². The number of thioether (sulfide) groups is 1. The van der Waals surface area contributed by atoms with Crippen LogP contribution < -0.4 is 5.56 Å². The first-order chi connectivity index (χ1) is 11.7. The SMILES string of the molecule is Cn1c(SC2CCN(Cc3ccccc3)C2)nc2sccc2c1=O. The van der Waals surface area contributed by atoms with E-state index >= 15 is 0 Å². The summed E-state index contributed by atoms with van der Waals surface area (Å²) >= 11 is 3.28. The van der Waals surface area contributed by atoms with Crippen LogP contribution in [0.5, 0.6) is 0 Å². The van der Waals surface area contributed by atoms with Gasteiger partial charge in [-0.05, 0) is 30.0 Å². The molecule has 0 radical (unpaired) electrons. The van der Waals surface area contributed by atoms with Gasteiger partial charge in [-0.1, -0.05) is 42.1 Å². The Morgan fingerprint density at radius 2 is 2.12 bits per heavy atom. The van der Waals surface area contributed by atoms with E-state index in [0.717, 1.165) is 41.4 Å². The summed E-state index contributed by atoms with van der Waals surface area (Å²) in [4.78, 5) is 20.4. The molecule has 0 saturated carbocycles. The van der Waals surface area contributed by atoms with Crippen molar-refractivity contribution in [2.75, 3.05) is 13.1 Å². The Labute approximate surface area is 149 Å². The molecule has 1 unspecified atom stereocenters. The predicted molar refractivity (Wildman–Crippen MR) is 101 cm³/mol. The molecule has 24 heavy (non-hydrogen) atoms. The summed E-state index contributed by atoms with van der Waals surface area (Å²) in [5, 5.41) is 3.99. The Balaban J connectivity index is 1.47. The second kappa shape index (κ2) is 6.70. The number of hydrogen-bond donors (Lipinski definition) is 0. The average Bonchev–Trinajstić information content (AvgIpc) is 3.23. The molecule has 1 atom stereocenters. The van der Waals surface area contributed by atoms with Crippen LogP contribution in [0.15, 0.2) is 51.7 Å². The summed E-state index contributed by atoms with van der Waals surface area (Å²) in [5.74, 6) is 0. The van der Waals surface area contributed by atoms with Crippen LogP contribution in [0, 0.1) is 0 Å². The quantitative estimate of drug-likeness (QED) is 0.671. The van der Waals surface area contributed by atoms with Crippen LogP contribution in [0.3, 0.4) is 0 Å². The Morgan fingerprint density at radius 1 is 1.29 bits per heavy atom. The minimum atomic E-state index is 0.0582. The highest BCUT2D eigenvalue weighted by Crippen LogP contribution is 2.30. The molecule has 1 saturated heterocycles. The first kappa shape index (κ1) is 15.9. The molecule has 1 fully saturated rings. The molecule has 124 valence electrons. The van der Waals surface area contributed by atoms with Gasteiger partial charge in [-0.15, -0.1) is 11.3 Å². The Hall–Kier alpha value is -1.63. The number of benzene rings is 1. The molecule has 2 aromatic heterocycles. The summed E-state index contributed by atoms with van der Waals surface area (Å²) in [6.07, 6.45) is 1.13. The zero-order chi connectivity index (χ0) is 16.5. The van der Waals surface area contributed by atoms with Crippen molar-refractivity contribution in [3.63, 3.8) is 0 Å². The molecule has 6 heteroatoms. The van der Waals surface area contributed by atoms with E-state index in [4.69, 9.17) is 4.98 Å². The van der Waals surface area contributed by atoms with Gasteiger partial charge in [0.2, 0.25) is 0 Å². The van der Waals surface area contributed by atoms with Crippen LogP contribution in [0.1, 0.15) is 12.0 Å². The van der Waals surface area contributed by atoms with Crippen molar-refractivity contribution < 1.29 is 0 Å². The minimum absolute atomic E-state index is 0.0582. The Kier molecular flexibility index (Phi) is 4.43. The highest BCUT2D eigenvalue weighted by atomic mass is 32.2. The van der Waals surface area contributed by atoms with Gasteiger partial charge in [0, 0.05) is 25.4 Å². The molecule has 4 nitrogen and oxygen atoms in total. The predicted octanol–water partition coefficient (Wildman–Crippen LogP) is 3.36. The van der Waals surface area contributed by atoms with E-state index in [9.17, 15) is 4.79 Å². The van der Waals surface area contributed by atoms with Gasteiger partial charge in [0.05, 0.1) is 5.39 Å². The minimum Gasteiger partial charge on any atom is -0.298 e. The molecule has 0 bridgehead atoms. The van der Waals surface area contributed by atoms with Crippen LogP contribution in [-0.2, 0) is 13.6 Å². The van der Waals surface area contributed by atoms with E-state index in [1.54, 1.807) is 16.3 Å². The number of aromatic nitrogens is 2. The van der Waals surface area contributed by atoms with Crippen LogP contribution in [0.25, 0.3) is 10.2 Å². The standard InChI is InChI=1S/C18H19N3OS2/c1-20-17(22)15-8-10-23-16(15)19-18(20)24-14-7-9-21(12-14)11-13-5-3-2-4-6-13/h2-6,8,10,14H,7,9,11-12H2,1H3. The van der Waals surface area contributed by atoms with E-state index in [1.807, 2.05) is 18.5 Å². The number of likely N-dealkylation sites (tertiary alicyclic amines) is 1. The zero-order valence-electron chi connectivity index (χ0n) is 13.5. The second-order valence-corrected chi connectivity index (χ2v) is 8.31. The summed E-state index contributed by atoms with van der Waals surface area (Å²) in [5.41, 5.74) is 1.41. The van der Waals surface area contributed by atoms with Gasteiger partial charge < -0.3 is 0 Å². The molecule has 1 aliphatic heterocycles. The number of fused-ring (bicyclic) bond motifs is 1. The first-order valence-electron chi connectivity index (χ1n) is 8.08. The maximum absolute atomic E-state index is 12.4. The van der Waals surface area contributed by atoms with Gasteiger partial charge in [0.25, 0.3) is 5.56 Å². The molecule has 0 aliphatic carbocycles. The molecule has 0 spiro atoms. The Bertz CT molecular complexity index is 904. The number of rotatable bonds is 4. The van der Waals surface area contributed by atoms with Crippen molar-refractivity contribution in [3.8, 4) is 0 Å². The molecule has 0 amide bonds. The summed E-state index contributed by atoms with van der Waals surface area (Å²) < 4.78 is 1.69. The van der Waals surface area contributed by atoms with Crippen molar-refractivity contribution in [1.82, 2.24) is 14.5 Å². The average molecular weight is 358 g/mol. The first-order valence-corrected chi connectivity index (χ1v) is 9.84. The van der Waals surface area contributed by atoms with E-state index in [2.05, 4.69) is 35.2 Å². The van der Waals surface area contributed by atoms with E-state index in [-0.39, 0.29) is 5.56 Å². The second-order valence-electron chi connectivity index (χ2n) is 6.15. The van der Waals surface area contributed by atoms with E-state index in [1.165, 1.54) is 16.9 Å². The topological polar surface area (TPSA) is 38.1 Å². The number of thiophene rings is 1. The molecular weight excluding hydrogens is 338 g/mol. The third-order valence-electron chi connectivity index (χ3n) is 4.41. The molecular formula is C18H19N3OS2. The molecule has 0 N–H and O–H groups in total. The van der Waals surface area contributed by atoms with Crippen molar-refractivity contribution in [1.29, 1.82) is 0 Å². The molecule has 4 rings (SSSR count). The van der Waals surface area contributed by atoms with Crippen molar-refractivity contribution in [3.05, 3.63) is 57.7 Å². The summed E-state index contributed by atoms with van der Waals surface area (Å²) in [7, 11) is 1.82. The third kappa shape index (κ3) is 3.14. The van der Waals surface area contributed by atoms with Gasteiger partial charge in [-0.2, -0.15) is 0 Å². The van der Waals surface area contributed by atoms with Gasteiger partial charge >= 0.3 is 0 Å². The fourth-order valence-electron chi connectivity index (χ4n) is 3.11. The van der Waals surface area contributed by atoms with Crippen LogP contribution in [-0.4, -0.2) is 32.8 Å². The highest BCUT2D eigenvalue weighted by Gasteiger charge is 2.25. The lowest BCUT2D eigenvalue weighted by molar-refractivity contribution is 0.332. The fourth-order valence-corrected chi connectivity index (χ4v) is 5.12. The Morgan fingerprint density at radius 3 is 2.96 bits per heavy atom. The highest BCUT2D eigenvalue weighted by molar-refractivity contribution is 7.99. The molecule has 1 aromatic carbocycles. The maximum Gasteiger partial charge on any atom is 0.262 e. The molecule has 1 aliphatic rings. The largest absolute Gasteiger partial charge is 0.298 e. The lowest BCUT2D eigenvalue weighted by atomic mass is 10.2. The van der Waals surface area contributed by atoms with Gasteiger partial charge in [-0.25, -0.2) is 4.98 Å². The normalized spacial score (nSPS) is 18.5. The van der Waals surface area contributed by atoms with Crippen molar-refractivity contribution >= 4 is 33.3 Å². The zero-order valence-corrected chi connectivity index (χ0v) is 15.1. The lowest BCUT2D eigenvalue weighted by Gasteiger charge is -2.16. The maximum atomic E-state index is 12.4. The smallest absolute Gasteiger partial charge is 0.262 e. The van der Waals surface area contributed by atoms with E-state index < -0.39 is 0 Å².